The third-order valence-corrected chi connectivity index (χ3v) is 2.45. The van der Waals surface area contributed by atoms with Gasteiger partial charge in [0.1, 0.15) is 11.8 Å². The number of nitrogens with one attached hydrogen (secondary N) is 2. The fourth-order valence-corrected chi connectivity index (χ4v) is 1.37. The first-order valence-electron chi connectivity index (χ1n) is 4.89. The van der Waals surface area contributed by atoms with Gasteiger partial charge in [-0.1, -0.05) is 6.07 Å². The SMILES string of the molecule is Cc1ccc(NC(=O)CCl)c(NC(=O)CCl)c1. The number of amides is 2. The minimum Gasteiger partial charge on any atom is -0.323 e. The first-order valence-corrected chi connectivity index (χ1v) is 5.96. The quantitative estimate of drug-likeness (QED) is 0.829. The Bertz CT molecular complexity index is 435. The molecule has 0 aromatic heterocycles. The Balaban J connectivity index is 2.95. The third kappa shape index (κ3) is 4.24. The van der Waals surface area contributed by atoms with Gasteiger partial charge in [0.15, 0.2) is 0 Å². The molecule has 92 valence electrons. The zero-order valence-corrected chi connectivity index (χ0v) is 10.7. The highest BCUT2D eigenvalue weighted by Crippen LogP contribution is 2.23. The summed E-state index contributed by atoms with van der Waals surface area (Å²) < 4.78 is 0. The van der Waals surface area contributed by atoms with Crippen LogP contribution >= 0.6 is 23.2 Å². The van der Waals surface area contributed by atoms with E-state index in [-0.39, 0.29) is 23.6 Å². The topological polar surface area (TPSA) is 58.2 Å². The van der Waals surface area contributed by atoms with E-state index in [2.05, 4.69) is 10.6 Å². The van der Waals surface area contributed by atoms with Gasteiger partial charge in [-0.2, -0.15) is 0 Å². The lowest BCUT2D eigenvalue weighted by Gasteiger charge is -2.11. The van der Waals surface area contributed by atoms with Crippen molar-refractivity contribution in [3.63, 3.8) is 0 Å². The fourth-order valence-electron chi connectivity index (χ4n) is 1.24. The normalized spacial score (nSPS) is 9.82. The second-order valence-electron chi connectivity index (χ2n) is 3.41. The zero-order valence-electron chi connectivity index (χ0n) is 9.22. The summed E-state index contributed by atoms with van der Waals surface area (Å²) in [7, 11) is 0. The first-order chi connectivity index (χ1) is 8.06. The minimum atomic E-state index is -0.336. The fraction of sp³-hybridized carbons (Fsp3) is 0.273. The monoisotopic (exact) mass is 274 g/mol. The van der Waals surface area contributed by atoms with Crippen LogP contribution in [0.15, 0.2) is 18.2 Å². The summed E-state index contributed by atoms with van der Waals surface area (Å²) in [5.41, 5.74) is 1.97. The maximum absolute atomic E-state index is 11.2. The van der Waals surface area contributed by atoms with Gasteiger partial charge in [-0.15, -0.1) is 23.2 Å². The van der Waals surface area contributed by atoms with Crippen molar-refractivity contribution in [3.05, 3.63) is 23.8 Å². The highest BCUT2D eigenvalue weighted by Gasteiger charge is 2.08. The Morgan fingerprint density at radius 1 is 1.06 bits per heavy atom. The molecule has 0 saturated heterocycles. The van der Waals surface area contributed by atoms with Crippen molar-refractivity contribution in [3.8, 4) is 0 Å². The summed E-state index contributed by atoms with van der Waals surface area (Å²) in [5.74, 6) is -0.955. The van der Waals surface area contributed by atoms with Gasteiger partial charge in [-0.3, -0.25) is 9.59 Å². The molecular formula is C11H12Cl2N2O2. The lowest BCUT2D eigenvalue weighted by molar-refractivity contribution is -0.114. The first kappa shape index (κ1) is 13.8. The molecule has 2 amide bonds. The number of alkyl halides is 2. The molecule has 0 saturated carbocycles. The summed E-state index contributed by atoms with van der Waals surface area (Å²) in [6.45, 7) is 1.88. The number of anilines is 2. The summed E-state index contributed by atoms with van der Waals surface area (Å²) >= 11 is 10.8. The second kappa shape index (κ2) is 6.47. The summed E-state index contributed by atoms with van der Waals surface area (Å²) in [6.07, 6.45) is 0. The lowest BCUT2D eigenvalue weighted by atomic mass is 10.2. The van der Waals surface area contributed by atoms with E-state index in [1.165, 1.54) is 0 Å². The molecule has 1 aromatic carbocycles. The molecule has 1 rings (SSSR count). The van der Waals surface area contributed by atoms with Crippen LogP contribution in [0.1, 0.15) is 5.56 Å². The predicted octanol–water partition coefficient (Wildman–Crippen LogP) is 2.35. The van der Waals surface area contributed by atoms with E-state index < -0.39 is 0 Å². The summed E-state index contributed by atoms with van der Waals surface area (Å²) in [4.78, 5) is 22.4. The van der Waals surface area contributed by atoms with Gasteiger partial charge in [0.2, 0.25) is 11.8 Å². The number of halogens is 2. The molecule has 0 atom stereocenters. The highest BCUT2D eigenvalue weighted by molar-refractivity contribution is 6.30. The number of rotatable bonds is 4. The largest absolute Gasteiger partial charge is 0.323 e. The van der Waals surface area contributed by atoms with Crippen LogP contribution in [0, 0.1) is 6.92 Å². The molecule has 1 aromatic rings. The molecule has 0 unspecified atom stereocenters. The molecule has 0 heterocycles. The van der Waals surface area contributed by atoms with Crippen LogP contribution in [0.3, 0.4) is 0 Å². The van der Waals surface area contributed by atoms with Crippen molar-refractivity contribution in [2.75, 3.05) is 22.4 Å². The average molecular weight is 275 g/mol. The van der Waals surface area contributed by atoms with Crippen molar-refractivity contribution in [1.29, 1.82) is 0 Å². The number of benzene rings is 1. The van der Waals surface area contributed by atoms with Crippen molar-refractivity contribution < 1.29 is 9.59 Å². The third-order valence-electron chi connectivity index (χ3n) is 1.97. The lowest BCUT2D eigenvalue weighted by Crippen LogP contribution is -2.17. The van der Waals surface area contributed by atoms with Gasteiger partial charge in [-0.25, -0.2) is 0 Å². The van der Waals surface area contributed by atoms with Crippen LogP contribution in [-0.2, 0) is 9.59 Å². The van der Waals surface area contributed by atoms with Gasteiger partial charge >= 0.3 is 0 Å². The van der Waals surface area contributed by atoms with Gasteiger partial charge in [0, 0.05) is 0 Å². The van der Waals surface area contributed by atoms with Crippen molar-refractivity contribution in [1.82, 2.24) is 0 Å². The van der Waals surface area contributed by atoms with E-state index in [4.69, 9.17) is 23.2 Å². The Morgan fingerprint density at radius 2 is 1.59 bits per heavy atom. The Kier molecular flexibility index (Phi) is 5.25. The van der Waals surface area contributed by atoms with Crippen LogP contribution in [0.2, 0.25) is 0 Å². The number of carbonyl (C=O) groups excluding carboxylic acids is 2. The number of carbonyl (C=O) groups is 2. The van der Waals surface area contributed by atoms with Gasteiger partial charge < -0.3 is 10.6 Å². The Morgan fingerprint density at radius 3 is 2.12 bits per heavy atom. The maximum Gasteiger partial charge on any atom is 0.239 e. The smallest absolute Gasteiger partial charge is 0.239 e. The van der Waals surface area contributed by atoms with Crippen LogP contribution < -0.4 is 10.6 Å². The molecule has 0 aliphatic heterocycles. The Labute approximate surface area is 109 Å². The van der Waals surface area contributed by atoms with E-state index in [9.17, 15) is 9.59 Å². The second-order valence-corrected chi connectivity index (χ2v) is 3.95. The average Bonchev–Trinajstić information content (AvgIpc) is 2.32. The summed E-state index contributed by atoms with van der Waals surface area (Å²) in [5, 5.41) is 5.19. The van der Waals surface area contributed by atoms with Crippen LogP contribution in [0.25, 0.3) is 0 Å². The molecular weight excluding hydrogens is 263 g/mol. The van der Waals surface area contributed by atoms with Crippen LogP contribution in [0.5, 0.6) is 0 Å². The molecule has 6 heteroatoms. The van der Waals surface area contributed by atoms with Crippen molar-refractivity contribution >= 4 is 46.4 Å². The minimum absolute atomic E-state index is 0.142. The molecule has 0 radical (unpaired) electrons. The van der Waals surface area contributed by atoms with Gasteiger partial charge in [0.05, 0.1) is 11.4 Å². The Hall–Kier alpha value is -1.26. The van der Waals surface area contributed by atoms with E-state index in [0.29, 0.717) is 11.4 Å². The highest BCUT2D eigenvalue weighted by atomic mass is 35.5. The summed E-state index contributed by atoms with van der Waals surface area (Å²) in [6, 6.07) is 5.26. The van der Waals surface area contributed by atoms with Crippen LogP contribution in [0.4, 0.5) is 11.4 Å². The molecule has 0 fully saturated rings. The zero-order chi connectivity index (χ0) is 12.8. The molecule has 0 bridgehead atoms. The maximum atomic E-state index is 11.2. The molecule has 17 heavy (non-hydrogen) atoms. The van der Waals surface area contributed by atoms with E-state index >= 15 is 0 Å². The molecule has 2 N–H and O–H groups in total. The molecule has 0 spiro atoms. The van der Waals surface area contributed by atoms with Crippen LogP contribution in [-0.4, -0.2) is 23.6 Å². The number of aryl methyl sites for hydroxylation is 1. The molecule has 0 aliphatic carbocycles. The number of hydrogen-bond donors (Lipinski definition) is 2. The van der Waals surface area contributed by atoms with Gasteiger partial charge in [-0.05, 0) is 24.6 Å². The predicted molar refractivity (Wildman–Crippen MR) is 69.9 cm³/mol. The van der Waals surface area contributed by atoms with Gasteiger partial charge in [0.25, 0.3) is 0 Å². The number of hydrogen-bond acceptors (Lipinski definition) is 2. The van der Waals surface area contributed by atoms with Crippen molar-refractivity contribution in [2.24, 2.45) is 0 Å². The van der Waals surface area contributed by atoms with Crippen molar-refractivity contribution in [2.45, 2.75) is 6.92 Å². The molecule has 4 nitrogen and oxygen atoms in total. The standard InChI is InChI=1S/C11H12Cl2N2O2/c1-7-2-3-8(14-10(16)5-12)9(4-7)15-11(17)6-13/h2-4H,5-6H2,1H3,(H,14,16)(H,15,17). The van der Waals surface area contributed by atoms with E-state index in [1.807, 2.05) is 13.0 Å². The molecule has 0 aliphatic rings. The van der Waals surface area contributed by atoms with E-state index in [0.717, 1.165) is 5.56 Å². The van der Waals surface area contributed by atoms with E-state index in [1.54, 1.807) is 12.1 Å².